The van der Waals surface area contributed by atoms with E-state index < -0.39 is 0 Å². The zero-order valence-corrected chi connectivity index (χ0v) is 24.7. The molecule has 0 aromatic heterocycles. The van der Waals surface area contributed by atoms with Crippen molar-refractivity contribution < 1.29 is 28.5 Å². The molecule has 3 aliphatic heterocycles. The first kappa shape index (κ1) is 29.4. The molecule has 5 rings (SSSR count). The quantitative estimate of drug-likeness (QED) is 0.294. The minimum atomic E-state index is -0.00868. The number of carbonyl (C=O) groups excluding carboxylic acids is 2. The number of rotatable bonds is 11. The van der Waals surface area contributed by atoms with Crippen LogP contribution in [0.15, 0.2) is 41.4 Å². The number of unbranched alkanes of at least 4 members (excludes halogenated alkanes) is 1. The fourth-order valence-corrected chi connectivity index (χ4v) is 5.40. The lowest BCUT2D eigenvalue weighted by atomic mass is 10.1. The molecule has 3 aliphatic rings. The number of ether oxygens (including phenoxy) is 4. The van der Waals surface area contributed by atoms with E-state index in [-0.39, 0.29) is 17.9 Å². The second-order valence-electron chi connectivity index (χ2n) is 10.8. The molecular formula is C32H40N4O6. The van der Waals surface area contributed by atoms with Crippen LogP contribution >= 0.6 is 0 Å². The molecule has 0 saturated carbocycles. The van der Waals surface area contributed by atoms with Gasteiger partial charge in [-0.1, -0.05) is 6.07 Å². The lowest BCUT2D eigenvalue weighted by Crippen LogP contribution is -2.46. The minimum absolute atomic E-state index is 0.00868. The van der Waals surface area contributed by atoms with Crippen molar-refractivity contribution in [1.29, 1.82) is 0 Å². The summed E-state index contributed by atoms with van der Waals surface area (Å²) in [4.78, 5) is 36.1. The Morgan fingerprint density at radius 2 is 1.64 bits per heavy atom. The lowest BCUT2D eigenvalue weighted by molar-refractivity contribution is -0.127. The van der Waals surface area contributed by atoms with E-state index in [2.05, 4.69) is 16.9 Å². The van der Waals surface area contributed by atoms with Crippen LogP contribution in [0, 0.1) is 0 Å². The first-order valence-corrected chi connectivity index (χ1v) is 14.6. The summed E-state index contributed by atoms with van der Waals surface area (Å²) in [6.45, 7) is 4.99. The third-order valence-corrected chi connectivity index (χ3v) is 7.93. The van der Waals surface area contributed by atoms with E-state index in [1.165, 1.54) is 0 Å². The zero-order valence-electron chi connectivity index (χ0n) is 24.7. The highest BCUT2D eigenvalue weighted by Gasteiger charge is 2.32. The van der Waals surface area contributed by atoms with Crippen LogP contribution in [0.2, 0.25) is 0 Å². The molecule has 0 unspecified atom stereocenters. The van der Waals surface area contributed by atoms with Gasteiger partial charge >= 0.3 is 0 Å². The Morgan fingerprint density at radius 1 is 0.929 bits per heavy atom. The van der Waals surface area contributed by atoms with Gasteiger partial charge in [0.05, 0.1) is 44.7 Å². The van der Waals surface area contributed by atoms with Crippen LogP contribution in [-0.4, -0.2) is 106 Å². The molecule has 10 heteroatoms. The summed E-state index contributed by atoms with van der Waals surface area (Å²) in [5.74, 6) is 2.37. The molecule has 0 bridgehead atoms. The van der Waals surface area contributed by atoms with Crippen LogP contribution in [0.3, 0.4) is 0 Å². The molecule has 224 valence electrons. The maximum absolute atomic E-state index is 13.0. The van der Waals surface area contributed by atoms with Crippen molar-refractivity contribution in [3.8, 4) is 23.0 Å². The number of carbonyl (C=O) groups is 2. The molecule has 1 atom stereocenters. The topological polar surface area (TPSA) is 93.1 Å². The summed E-state index contributed by atoms with van der Waals surface area (Å²) in [6.07, 6.45) is 8.76. The predicted octanol–water partition coefficient (Wildman–Crippen LogP) is 4.05. The van der Waals surface area contributed by atoms with E-state index in [9.17, 15) is 9.59 Å². The monoisotopic (exact) mass is 576 g/mol. The van der Waals surface area contributed by atoms with Gasteiger partial charge in [-0.15, -0.1) is 0 Å². The summed E-state index contributed by atoms with van der Waals surface area (Å²) in [6, 6.07) is 9.23. The van der Waals surface area contributed by atoms with Crippen LogP contribution in [-0.2, 0) is 4.79 Å². The number of piperazine rings is 1. The van der Waals surface area contributed by atoms with E-state index in [4.69, 9.17) is 18.9 Å². The van der Waals surface area contributed by atoms with Crippen molar-refractivity contribution in [3.63, 3.8) is 0 Å². The average Bonchev–Trinajstić information content (AvgIpc) is 3.44. The fraction of sp³-hybridized carbons (Fsp3) is 0.469. The molecule has 2 fully saturated rings. The smallest absolute Gasteiger partial charge is 0.256 e. The Bertz CT molecular complexity index is 1330. The van der Waals surface area contributed by atoms with Crippen molar-refractivity contribution in [3.05, 3.63) is 47.5 Å². The molecule has 0 N–H and O–H groups in total. The van der Waals surface area contributed by atoms with E-state index in [1.807, 2.05) is 40.3 Å². The van der Waals surface area contributed by atoms with Crippen molar-refractivity contribution in [1.82, 2.24) is 14.7 Å². The highest BCUT2D eigenvalue weighted by atomic mass is 16.5. The standard InChI is InChI=1S/C32H40N4O6/c1-34-13-15-35(16-14-34)31(37)11-9-23-8-10-27(28(19-23)39-2)41-17-4-5-18-42-30-21-26-25(20-29(30)40-3)32(38)36-12-6-7-24(36)22-33-26/h8-11,19-22,24H,4-7,12-18H2,1-3H3/b11-9+/t24-/m0/s1. The van der Waals surface area contributed by atoms with Crippen molar-refractivity contribution in [2.75, 3.05) is 67.2 Å². The number of benzene rings is 2. The average molecular weight is 577 g/mol. The molecule has 2 aromatic carbocycles. The van der Waals surface area contributed by atoms with Crippen molar-refractivity contribution in [2.24, 2.45) is 4.99 Å². The van der Waals surface area contributed by atoms with Gasteiger partial charge in [-0.05, 0) is 62.6 Å². The summed E-state index contributed by atoms with van der Waals surface area (Å²) in [5.41, 5.74) is 2.03. The van der Waals surface area contributed by atoms with E-state index in [0.717, 1.165) is 64.0 Å². The Morgan fingerprint density at radius 3 is 2.38 bits per heavy atom. The number of hydrogen-bond donors (Lipinski definition) is 0. The van der Waals surface area contributed by atoms with Gasteiger partial charge in [-0.3, -0.25) is 14.6 Å². The Kier molecular flexibility index (Phi) is 9.63. The molecule has 10 nitrogen and oxygen atoms in total. The fourth-order valence-electron chi connectivity index (χ4n) is 5.40. The van der Waals surface area contributed by atoms with Crippen molar-refractivity contribution in [2.45, 2.75) is 31.7 Å². The van der Waals surface area contributed by atoms with Gasteiger partial charge in [0, 0.05) is 51.1 Å². The van der Waals surface area contributed by atoms with Gasteiger partial charge in [-0.2, -0.15) is 0 Å². The van der Waals surface area contributed by atoms with Gasteiger partial charge in [0.15, 0.2) is 23.0 Å². The Balaban J connectivity index is 1.10. The van der Waals surface area contributed by atoms with Gasteiger partial charge in [0.2, 0.25) is 5.91 Å². The number of likely N-dealkylation sites (N-methyl/N-ethyl adjacent to an activating group) is 1. The Labute approximate surface area is 247 Å². The molecule has 3 heterocycles. The second kappa shape index (κ2) is 13.7. The summed E-state index contributed by atoms with van der Waals surface area (Å²) in [7, 11) is 5.25. The SMILES string of the molecule is COc1cc(/C=C/C(=O)N2CCN(C)CC2)ccc1OCCCCOc1cc2c(cc1OC)C(=O)N1CCC[C@H]1C=N2. The van der Waals surface area contributed by atoms with Crippen molar-refractivity contribution >= 4 is 29.8 Å². The largest absolute Gasteiger partial charge is 0.493 e. The molecule has 2 amide bonds. The van der Waals surface area contributed by atoms with Crippen LogP contribution in [0.25, 0.3) is 6.08 Å². The van der Waals surface area contributed by atoms with Crippen LogP contribution in [0.5, 0.6) is 23.0 Å². The number of nitrogens with zero attached hydrogens (tertiary/aromatic N) is 4. The van der Waals surface area contributed by atoms with Gasteiger partial charge in [0.1, 0.15) is 0 Å². The number of aliphatic imine (C=N–C) groups is 1. The van der Waals surface area contributed by atoms with E-state index in [1.54, 1.807) is 32.4 Å². The lowest BCUT2D eigenvalue weighted by Gasteiger charge is -2.31. The van der Waals surface area contributed by atoms with Gasteiger partial charge < -0.3 is 33.6 Å². The van der Waals surface area contributed by atoms with Gasteiger partial charge in [0.25, 0.3) is 5.91 Å². The molecular weight excluding hydrogens is 536 g/mol. The highest BCUT2D eigenvalue weighted by Crippen LogP contribution is 2.38. The summed E-state index contributed by atoms with van der Waals surface area (Å²) < 4.78 is 23.1. The third kappa shape index (κ3) is 6.87. The van der Waals surface area contributed by atoms with Crippen LogP contribution in [0.1, 0.15) is 41.6 Å². The van der Waals surface area contributed by atoms with Crippen LogP contribution < -0.4 is 18.9 Å². The number of fused-ring (bicyclic) bond motifs is 2. The van der Waals surface area contributed by atoms with Crippen LogP contribution in [0.4, 0.5) is 5.69 Å². The molecule has 2 saturated heterocycles. The number of hydrogen-bond acceptors (Lipinski definition) is 8. The first-order valence-electron chi connectivity index (χ1n) is 14.6. The van der Waals surface area contributed by atoms with E-state index in [0.29, 0.717) is 47.5 Å². The first-order chi connectivity index (χ1) is 20.5. The van der Waals surface area contributed by atoms with E-state index >= 15 is 0 Å². The predicted molar refractivity (Wildman–Crippen MR) is 162 cm³/mol. The molecule has 0 spiro atoms. The molecule has 2 aromatic rings. The summed E-state index contributed by atoms with van der Waals surface area (Å²) in [5, 5.41) is 0. The highest BCUT2D eigenvalue weighted by molar-refractivity contribution is 6.03. The number of methoxy groups -OCH3 is 2. The normalized spacial score (nSPS) is 18.5. The minimum Gasteiger partial charge on any atom is -0.493 e. The molecule has 0 aliphatic carbocycles. The maximum atomic E-state index is 13.0. The molecule has 42 heavy (non-hydrogen) atoms. The maximum Gasteiger partial charge on any atom is 0.256 e. The third-order valence-electron chi connectivity index (χ3n) is 7.93. The number of amides is 2. The Hall–Kier alpha value is -4.05. The second-order valence-corrected chi connectivity index (χ2v) is 10.8. The summed E-state index contributed by atoms with van der Waals surface area (Å²) >= 11 is 0. The zero-order chi connectivity index (χ0) is 29.5. The van der Waals surface area contributed by atoms with Gasteiger partial charge in [-0.25, -0.2) is 0 Å². The molecule has 0 radical (unpaired) electrons.